The summed E-state index contributed by atoms with van der Waals surface area (Å²) in [6.07, 6.45) is 6.57. The third-order valence-corrected chi connectivity index (χ3v) is 50.1. The molecular weight excluding hydrogens is 1150 g/mol. The molecular formula is C47H97N3O18Si9. The van der Waals surface area contributed by atoms with Crippen molar-refractivity contribution in [3.8, 4) is 0 Å². The van der Waals surface area contributed by atoms with Gasteiger partial charge in [0.15, 0.2) is 26.4 Å². The predicted octanol–water partition coefficient (Wildman–Crippen LogP) is 5.22. The van der Waals surface area contributed by atoms with Crippen LogP contribution in [0.25, 0.3) is 0 Å². The van der Waals surface area contributed by atoms with E-state index in [-0.39, 0.29) is 37.9 Å². The van der Waals surface area contributed by atoms with Crippen LogP contribution in [0.2, 0.25) is 113 Å². The highest BCUT2D eigenvalue weighted by Gasteiger charge is 2.47. The Balaban J connectivity index is 1.08. The fourth-order valence-electron chi connectivity index (χ4n) is 11.0. The van der Waals surface area contributed by atoms with E-state index < -0.39 is 95.6 Å². The van der Waals surface area contributed by atoms with Gasteiger partial charge in [-0.05, 0) is 158 Å². The Morgan fingerprint density at radius 3 is 1.34 bits per heavy atom. The van der Waals surface area contributed by atoms with Crippen molar-refractivity contribution in [3.63, 3.8) is 0 Å². The molecule has 0 N–H and O–H groups in total. The van der Waals surface area contributed by atoms with Crippen molar-refractivity contribution < 1.29 is 66.4 Å². The predicted molar refractivity (Wildman–Crippen MR) is 314 cm³/mol. The number of epoxide rings is 3. The highest BCUT2D eigenvalue weighted by atomic mass is 28.5. The zero-order chi connectivity index (χ0) is 55.2. The molecule has 12 atom stereocenters. The van der Waals surface area contributed by atoms with Crippen molar-refractivity contribution in [2.24, 2.45) is 0 Å². The first kappa shape index (κ1) is 64.3. The van der Waals surface area contributed by atoms with Crippen LogP contribution in [0.5, 0.6) is 0 Å². The first-order chi connectivity index (χ1) is 36.7. The molecule has 6 aliphatic heterocycles. The van der Waals surface area contributed by atoms with Gasteiger partial charge in [0.2, 0.25) is 0 Å². The summed E-state index contributed by atoms with van der Waals surface area (Å²) in [6.45, 7) is 27.6. The third-order valence-electron chi connectivity index (χ3n) is 15.3. The first-order valence-corrected chi connectivity index (χ1v) is 51.7. The third kappa shape index (κ3) is 22.0. The second-order valence-corrected chi connectivity index (χ2v) is 53.0. The van der Waals surface area contributed by atoms with Crippen LogP contribution in [0.3, 0.4) is 0 Å². The van der Waals surface area contributed by atoms with Crippen molar-refractivity contribution in [2.75, 3.05) is 79.3 Å². The Kier molecular flexibility index (Phi) is 25.1. The second kappa shape index (κ2) is 30.0. The zero-order valence-corrected chi connectivity index (χ0v) is 57.7. The van der Waals surface area contributed by atoms with Crippen LogP contribution in [0.1, 0.15) is 51.4 Å². The molecule has 0 saturated carbocycles. The molecule has 77 heavy (non-hydrogen) atoms. The van der Waals surface area contributed by atoms with E-state index in [0.29, 0.717) is 96.9 Å². The van der Waals surface area contributed by atoms with Gasteiger partial charge in [0.05, 0.1) is 39.6 Å². The molecule has 0 aromatic carbocycles. The van der Waals surface area contributed by atoms with Gasteiger partial charge >= 0.3 is 69.2 Å². The van der Waals surface area contributed by atoms with Crippen molar-refractivity contribution >= 4 is 78.5 Å². The van der Waals surface area contributed by atoms with Gasteiger partial charge in [-0.25, -0.2) is 28.1 Å². The monoisotopic (exact) mass is 1240 g/mol. The maximum atomic E-state index is 14.7. The first-order valence-electron chi connectivity index (χ1n) is 29.2. The molecule has 12 unspecified atom stereocenters. The van der Waals surface area contributed by atoms with Crippen LogP contribution >= 0.6 is 0 Å². The summed E-state index contributed by atoms with van der Waals surface area (Å²) in [5.74, 6) is 0. The van der Waals surface area contributed by atoms with E-state index in [1.54, 1.807) is 0 Å². The van der Waals surface area contributed by atoms with Crippen LogP contribution in [-0.4, -0.2) is 190 Å². The van der Waals surface area contributed by atoms with E-state index in [2.05, 4.69) is 52.4 Å². The maximum Gasteiger partial charge on any atom is 0.336 e. The molecule has 0 bridgehead atoms. The second-order valence-electron chi connectivity index (χ2n) is 23.6. The molecule has 6 saturated heterocycles. The number of nitrogens with zero attached hydrogens (tertiary/aromatic N) is 3. The van der Waals surface area contributed by atoms with E-state index >= 15 is 0 Å². The molecule has 6 fully saturated rings. The topological polar surface area (TPSA) is 214 Å². The molecule has 7 heterocycles. The van der Waals surface area contributed by atoms with Crippen LogP contribution in [0.4, 0.5) is 0 Å². The molecule has 0 amide bonds. The smallest absolute Gasteiger partial charge is 0.336 e. The summed E-state index contributed by atoms with van der Waals surface area (Å²) in [4.78, 5) is 44.2. The van der Waals surface area contributed by atoms with Gasteiger partial charge in [0.25, 0.3) is 0 Å². The summed E-state index contributed by atoms with van der Waals surface area (Å²) in [5, 5.41) is 0. The van der Waals surface area contributed by atoms with Crippen LogP contribution in [-0.2, 0) is 86.0 Å². The average Bonchev–Trinajstić information content (AvgIpc) is 4.19. The van der Waals surface area contributed by atoms with Gasteiger partial charge in [0.1, 0.15) is 18.3 Å². The molecule has 0 radical (unpaired) electrons. The van der Waals surface area contributed by atoms with Gasteiger partial charge < -0.3 is 66.4 Å². The van der Waals surface area contributed by atoms with Gasteiger partial charge in [-0.1, -0.05) is 6.42 Å². The normalized spacial score (nSPS) is 36.1. The molecule has 30 heteroatoms. The Bertz CT molecular complexity index is 2060. The molecule has 7 rings (SSSR count). The minimum Gasteiger partial charge on any atom is -0.439 e. The quantitative estimate of drug-likeness (QED) is 0.0548. The Labute approximate surface area is 469 Å². The van der Waals surface area contributed by atoms with Crippen molar-refractivity contribution in [3.05, 3.63) is 31.5 Å². The SMILES string of the molecule is C[SiH]1CCCCO[Si](C)(CCCOCC2CO2)O[Si](C)(CCCn2c(=O)n(CCC[Si]3(C)O[SiH](C)OCC[Si](C)(CCCOCC4CO4)O3)c(=O)n(CCC[Si]3(C)O[SiH](C)CCO[Si](C)(CCCOCC4CO4)O3)c2=O)O1. The lowest BCUT2D eigenvalue weighted by Gasteiger charge is -2.41. The van der Waals surface area contributed by atoms with Gasteiger partial charge in [-0.2, -0.15) is 0 Å². The highest BCUT2D eigenvalue weighted by molar-refractivity contribution is 6.86. The van der Waals surface area contributed by atoms with Crippen LogP contribution in [0, 0.1) is 0 Å². The summed E-state index contributed by atoms with van der Waals surface area (Å²) < 4.78 is 98.9. The van der Waals surface area contributed by atoms with E-state index in [4.69, 9.17) is 66.4 Å². The van der Waals surface area contributed by atoms with Crippen molar-refractivity contribution in [2.45, 2.75) is 203 Å². The average molecular weight is 1250 g/mol. The molecule has 444 valence electrons. The lowest BCUT2D eigenvalue weighted by molar-refractivity contribution is 0.114. The van der Waals surface area contributed by atoms with E-state index in [1.807, 2.05) is 6.55 Å². The fourth-order valence-corrected chi connectivity index (χ4v) is 49.3. The van der Waals surface area contributed by atoms with Crippen molar-refractivity contribution in [1.29, 1.82) is 0 Å². The van der Waals surface area contributed by atoms with Crippen molar-refractivity contribution in [1.82, 2.24) is 13.7 Å². The highest BCUT2D eigenvalue weighted by Crippen LogP contribution is 2.33. The van der Waals surface area contributed by atoms with E-state index in [9.17, 15) is 14.4 Å². The molecule has 21 nitrogen and oxygen atoms in total. The molecule has 0 aliphatic carbocycles. The Morgan fingerprint density at radius 2 is 0.883 bits per heavy atom. The van der Waals surface area contributed by atoms with Crippen LogP contribution < -0.4 is 17.1 Å². The van der Waals surface area contributed by atoms with E-state index in [0.717, 1.165) is 88.2 Å². The molecule has 1 aromatic heterocycles. The lowest BCUT2D eigenvalue weighted by Crippen LogP contribution is -2.57. The summed E-state index contributed by atoms with van der Waals surface area (Å²) >= 11 is 0. The lowest BCUT2D eigenvalue weighted by atomic mass is 10.4. The Hall–Kier alpha value is -0.238. The van der Waals surface area contributed by atoms with Crippen LogP contribution in [0.15, 0.2) is 14.4 Å². The largest absolute Gasteiger partial charge is 0.439 e. The van der Waals surface area contributed by atoms with Gasteiger partial charge in [-0.15, -0.1) is 0 Å². The summed E-state index contributed by atoms with van der Waals surface area (Å²) in [7, 11) is -21.4. The van der Waals surface area contributed by atoms with Gasteiger partial charge in [0, 0.05) is 59.3 Å². The molecule has 0 spiro atoms. The Morgan fingerprint density at radius 1 is 0.481 bits per heavy atom. The number of rotatable bonds is 30. The summed E-state index contributed by atoms with van der Waals surface area (Å²) in [6, 6.07) is 6.93. The standard InChI is InChI=1S/C47H97N3O18Si9/c1-69-27-11-10-24-61-73(5,33-16-22-55-37-43-40-58-43)67-75(7,63-69)30-12-18-48-45(51)49(19-13-31-76(8)64-70(2)28-25-62-74(6,68-76)34-17-23-56-38-44-41-59-44)47(53)50(46(48)52)20-14-32-77(9)65-71(3)60-26-35-72(4,66-77)29-15-21-54-36-42-39-57-42/h42-44,69-71H,10-41H2,1-9H3. The number of hydrogen-bond donors (Lipinski definition) is 0. The summed E-state index contributed by atoms with van der Waals surface area (Å²) in [5.41, 5.74) is -1.82. The molecule has 1 aromatic rings. The maximum absolute atomic E-state index is 14.7. The number of hydrogen-bond acceptors (Lipinski definition) is 18. The molecule has 6 aliphatic rings. The number of ether oxygens (including phenoxy) is 6. The van der Waals surface area contributed by atoms with E-state index in [1.165, 1.54) is 13.7 Å². The zero-order valence-electron chi connectivity index (χ0n) is 48.3. The minimum atomic E-state index is -2.89. The van der Waals surface area contributed by atoms with Gasteiger partial charge in [-0.3, -0.25) is 0 Å². The fraction of sp³-hybridized carbons (Fsp3) is 0.936. The number of aromatic nitrogens is 3. The minimum absolute atomic E-state index is 0.111.